The van der Waals surface area contributed by atoms with Gasteiger partial charge in [-0.1, -0.05) is 6.07 Å². The summed E-state index contributed by atoms with van der Waals surface area (Å²) in [4.78, 5) is 47.1. The molecule has 1 unspecified atom stereocenters. The molecule has 0 bridgehead atoms. The van der Waals surface area contributed by atoms with Gasteiger partial charge in [0.2, 0.25) is 0 Å². The molecule has 180 valence electrons. The summed E-state index contributed by atoms with van der Waals surface area (Å²) in [6.45, 7) is 0.565. The number of benzene rings is 1. The van der Waals surface area contributed by atoms with E-state index in [4.69, 9.17) is 5.73 Å². The van der Waals surface area contributed by atoms with Crippen molar-refractivity contribution in [3.63, 3.8) is 0 Å². The molecule has 0 spiro atoms. The van der Waals surface area contributed by atoms with Gasteiger partial charge >= 0.3 is 0 Å². The van der Waals surface area contributed by atoms with Crippen molar-refractivity contribution in [3.8, 4) is 0 Å². The number of nitrogens with two attached hydrogens (primary N) is 1. The third kappa shape index (κ3) is 5.44. The zero-order chi connectivity index (χ0) is 24.2. The molecule has 1 aromatic heterocycles. The van der Waals surface area contributed by atoms with Gasteiger partial charge in [0, 0.05) is 47.6 Å². The first-order chi connectivity index (χ1) is 16.3. The fourth-order valence-electron chi connectivity index (χ4n) is 4.55. The van der Waals surface area contributed by atoms with Crippen LogP contribution in [0.15, 0.2) is 47.2 Å². The van der Waals surface area contributed by atoms with Crippen LogP contribution in [0, 0.1) is 5.82 Å². The number of hydrogen-bond acceptors (Lipinski definition) is 5. The number of halogens is 2. The number of pyridine rings is 1. The number of carbonyl (C=O) groups is 3. The standard InChI is InChI=1S/C24H27BrFN5O3/c25-17-11-16(13-28-14-17)24(34)31-10-2-9-30(23(33)15-3-1-4-18(26)12-15)22(31)21(32)29-20-7-5-19(27)6-8-20/h1,3-4,11-14,19-20,22H,2,5-10,27H2,(H,29,32). The molecule has 1 saturated carbocycles. The van der Waals surface area contributed by atoms with Crippen molar-refractivity contribution in [2.45, 2.75) is 50.4 Å². The van der Waals surface area contributed by atoms with Crippen LogP contribution in [0.5, 0.6) is 0 Å². The highest BCUT2D eigenvalue weighted by Crippen LogP contribution is 2.23. The number of aromatic nitrogens is 1. The average Bonchev–Trinajstić information content (AvgIpc) is 2.84. The van der Waals surface area contributed by atoms with Gasteiger partial charge in [0.05, 0.1) is 5.56 Å². The topological polar surface area (TPSA) is 109 Å². The minimum atomic E-state index is -1.16. The van der Waals surface area contributed by atoms with Gasteiger partial charge in [-0.25, -0.2) is 4.39 Å². The van der Waals surface area contributed by atoms with E-state index < -0.39 is 29.7 Å². The lowest BCUT2D eigenvalue weighted by Gasteiger charge is -2.43. The van der Waals surface area contributed by atoms with E-state index in [1.807, 2.05) is 0 Å². The van der Waals surface area contributed by atoms with Crippen LogP contribution in [0.3, 0.4) is 0 Å². The SMILES string of the molecule is NC1CCC(NC(=O)C2N(C(=O)c3cccc(F)c3)CCCN2C(=O)c2cncc(Br)c2)CC1. The Balaban J connectivity index is 1.64. The summed E-state index contributed by atoms with van der Waals surface area (Å²) in [5, 5.41) is 3.02. The average molecular weight is 532 g/mol. The quantitative estimate of drug-likeness (QED) is 0.630. The first kappa shape index (κ1) is 24.3. The van der Waals surface area contributed by atoms with Gasteiger partial charge in [-0.15, -0.1) is 0 Å². The lowest BCUT2D eigenvalue weighted by atomic mass is 9.91. The van der Waals surface area contributed by atoms with Crippen molar-refractivity contribution in [1.29, 1.82) is 0 Å². The van der Waals surface area contributed by atoms with E-state index in [0.717, 1.165) is 31.7 Å². The highest BCUT2D eigenvalue weighted by molar-refractivity contribution is 9.10. The molecule has 2 aliphatic rings. The van der Waals surface area contributed by atoms with Crippen molar-refractivity contribution in [2.75, 3.05) is 13.1 Å². The minimum absolute atomic E-state index is 0.0789. The molecular weight excluding hydrogens is 505 g/mol. The van der Waals surface area contributed by atoms with Gasteiger partial charge < -0.3 is 20.9 Å². The maximum absolute atomic E-state index is 13.8. The fourth-order valence-corrected chi connectivity index (χ4v) is 4.92. The molecule has 1 aliphatic carbocycles. The normalized spacial score (nSPS) is 22.9. The van der Waals surface area contributed by atoms with Crippen LogP contribution in [-0.2, 0) is 4.79 Å². The Hall–Kier alpha value is -2.85. The van der Waals surface area contributed by atoms with Crippen molar-refractivity contribution in [2.24, 2.45) is 5.73 Å². The second kappa shape index (κ2) is 10.6. The lowest BCUT2D eigenvalue weighted by Crippen LogP contribution is -2.64. The Bertz CT molecular complexity index is 1010. The molecule has 1 saturated heterocycles. The summed E-state index contributed by atoms with van der Waals surface area (Å²) in [7, 11) is 0. The molecule has 2 heterocycles. The van der Waals surface area contributed by atoms with E-state index in [9.17, 15) is 18.8 Å². The predicted octanol–water partition coefficient (Wildman–Crippen LogP) is 2.68. The summed E-state index contributed by atoms with van der Waals surface area (Å²) in [5.74, 6) is -1.89. The molecule has 1 aliphatic heterocycles. The largest absolute Gasteiger partial charge is 0.350 e. The molecule has 1 atom stereocenters. The lowest BCUT2D eigenvalue weighted by molar-refractivity contribution is -0.133. The van der Waals surface area contributed by atoms with Gasteiger partial charge in [-0.05, 0) is 72.3 Å². The predicted molar refractivity (Wildman–Crippen MR) is 127 cm³/mol. The van der Waals surface area contributed by atoms with Gasteiger partial charge in [-0.3, -0.25) is 19.4 Å². The van der Waals surface area contributed by atoms with Crippen LogP contribution in [0.1, 0.15) is 52.8 Å². The maximum Gasteiger partial charge on any atom is 0.264 e. The molecule has 2 fully saturated rings. The molecule has 3 N–H and O–H groups in total. The second-order valence-electron chi connectivity index (χ2n) is 8.75. The molecule has 10 heteroatoms. The molecule has 8 nitrogen and oxygen atoms in total. The first-order valence-corrected chi connectivity index (χ1v) is 12.2. The van der Waals surface area contributed by atoms with E-state index in [1.54, 1.807) is 12.3 Å². The Morgan fingerprint density at radius 3 is 2.32 bits per heavy atom. The Morgan fingerprint density at radius 2 is 1.68 bits per heavy atom. The first-order valence-electron chi connectivity index (χ1n) is 11.4. The summed E-state index contributed by atoms with van der Waals surface area (Å²) in [6.07, 6.45) is 5.38. The third-order valence-electron chi connectivity index (χ3n) is 6.29. The molecule has 3 amide bonds. The number of nitrogens with zero attached hydrogens (tertiary/aromatic N) is 3. The highest BCUT2D eigenvalue weighted by atomic mass is 79.9. The van der Waals surface area contributed by atoms with Crippen LogP contribution in [0.2, 0.25) is 0 Å². The van der Waals surface area contributed by atoms with Crippen LogP contribution >= 0.6 is 15.9 Å². The Kier molecular flexibility index (Phi) is 7.57. The van der Waals surface area contributed by atoms with Crippen molar-refractivity contribution >= 4 is 33.7 Å². The summed E-state index contributed by atoms with van der Waals surface area (Å²) in [5.41, 5.74) is 6.42. The van der Waals surface area contributed by atoms with Gasteiger partial charge in [0.25, 0.3) is 17.7 Å². The van der Waals surface area contributed by atoms with E-state index >= 15 is 0 Å². The minimum Gasteiger partial charge on any atom is -0.350 e. The Morgan fingerprint density at radius 1 is 1.00 bits per heavy atom. The number of amides is 3. The monoisotopic (exact) mass is 531 g/mol. The number of rotatable bonds is 4. The molecule has 1 aromatic carbocycles. The molecule has 0 radical (unpaired) electrons. The maximum atomic E-state index is 13.8. The van der Waals surface area contributed by atoms with Gasteiger partial charge in [0.1, 0.15) is 5.82 Å². The van der Waals surface area contributed by atoms with Crippen LogP contribution in [-0.4, -0.2) is 63.8 Å². The number of nitrogens with one attached hydrogen (secondary N) is 1. The highest BCUT2D eigenvalue weighted by Gasteiger charge is 2.41. The van der Waals surface area contributed by atoms with Gasteiger partial charge in [0.15, 0.2) is 6.17 Å². The molecular formula is C24H27BrFN5O3. The van der Waals surface area contributed by atoms with E-state index in [2.05, 4.69) is 26.2 Å². The summed E-state index contributed by atoms with van der Waals surface area (Å²) >= 11 is 3.32. The van der Waals surface area contributed by atoms with Crippen molar-refractivity contribution in [1.82, 2.24) is 20.1 Å². The molecule has 4 rings (SSSR count). The molecule has 2 aromatic rings. The Labute approximate surface area is 205 Å². The van der Waals surface area contributed by atoms with E-state index in [0.29, 0.717) is 23.0 Å². The fraction of sp³-hybridized carbons (Fsp3) is 0.417. The third-order valence-corrected chi connectivity index (χ3v) is 6.72. The van der Waals surface area contributed by atoms with Crippen molar-refractivity contribution in [3.05, 3.63) is 64.1 Å². The zero-order valence-electron chi connectivity index (χ0n) is 18.6. The number of hydrogen-bond donors (Lipinski definition) is 2. The summed E-state index contributed by atoms with van der Waals surface area (Å²) < 4.78 is 14.4. The smallest absolute Gasteiger partial charge is 0.264 e. The van der Waals surface area contributed by atoms with E-state index in [1.165, 1.54) is 34.2 Å². The van der Waals surface area contributed by atoms with E-state index in [-0.39, 0.29) is 24.2 Å². The van der Waals surface area contributed by atoms with Gasteiger partial charge in [-0.2, -0.15) is 0 Å². The van der Waals surface area contributed by atoms with Crippen molar-refractivity contribution < 1.29 is 18.8 Å². The zero-order valence-corrected chi connectivity index (χ0v) is 20.2. The van der Waals surface area contributed by atoms with Crippen LogP contribution < -0.4 is 11.1 Å². The number of carbonyl (C=O) groups excluding carboxylic acids is 3. The second-order valence-corrected chi connectivity index (χ2v) is 9.66. The van der Waals surface area contributed by atoms with Crippen LogP contribution in [0.4, 0.5) is 4.39 Å². The molecule has 34 heavy (non-hydrogen) atoms. The van der Waals surface area contributed by atoms with Crippen LogP contribution in [0.25, 0.3) is 0 Å². The summed E-state index contributed by atoms with van der Waals surface area (Å²) in [6, 6.07) is 7.01.